The van der Waals surface area contributed by atoms with E-state index in [1.165, 1.54) is 50.4 Å². The number of nitrogens with one attached hydrogen (secondary N) is 2. The van der Waals surface area contributed by atoms with Gasteiger partial charge in [-0.1, -0.05) is 12.1 Å². The molecular weight excluding hydrogens is 580 g/mol. The number of aliphatic carboxylic acids is 1. The molecule has 2 aromatic rings. The van der Waals surface area contributed by atoms with Crippen molar-refractivity contribution in [1.82, 2.24) is 10.6 Å². The number of phenols is 1. The van der Waals surface area contributed by atoms with Crippen molar-refractivity contribution >= 4 is 29.9 Å². The number of alkyl carbamates (subject to hydrolysis) is 1. The van der Waals surface area contributed by atoms with Crippen molar-refractivity contribution in [2.75, 3.05) is 20.3 Å². The fourth-order valence-electron chi connectivity index (χ4n) is 3.80. The number of hydrogen-bond donors (Lipinski definition) is 5. The van der Waals surface area contributed by atoms with E-state index < -0.39 is 47.7 Å². The first kappa shape index (κ1) is 35.2. The van der Waals surface area contributed by atoms with E-state index in [1.54, 1.807) is 20.8 Å². The van der Waals surface area contributed by atoms with Gasteiger partial charge < -0.3 is 44.9 Å². The van der Waals surface area contributed by atoms with Gasteiger partial charge in [0, 0.05) is 13.0 Å². The minimum absolute atomic E-state index is 0.0959. The third-order valence-electron chi connectivity index (χ3n) is 5.89. The van der Waals surface area contributed by atoms with E-state index in [-0.39, 0.29) is 47.9 Å². The average Bonchev–Trinajstić information content (AvgIpc) is 2.93. The number of carbonyl (C=O) groups excluding carboxylic acids is 3. The molecule has 2 aromatic carbocycles. The summed E-state index contributed by atoms with van der Waals surface area (Å²) in [5.41, 5.74) is -0.893. The number of carboxylic acid groups (broad SMARTS) is 2. The summed E-state index contributed by atoms with van der Waals surface area (Å²) in [5.74, 6) is -4.25. The van der Waals surface area contributed by atoms with Crippen LogP contribution in [-0.4, -0.2) is 83.2 Å². The number of unbranched alkanes of at least 4 members (excludes halogenated alkanes) is 1. The van der Waals surface area contributed by atoms with Gasteiger partial charge in [-0.2, -0.15) is 0 Å². The Morgan fingerprint density at radius 1 is 0.977 bits per heavy atom. The Morgan fingerprint density at radius 3 is 2.30 bits per heavy atom. The van der Waals surface area contributed by atoms with Crippen molar-refractivity contribution in [3.8, 4) is 17.2 Å². The van der Waals surface area contributed by atoms with Gasteiger partial charge in [0.2, 0.25) is 5.91 Å². The molecule has 44 heavy (non-hydrogen) atoms. The van der Waals surface area contributed by atoms with Crippen LogP contribution in [0.3, 0.4) is 0 Å². The van der Waals surface area contributed by atoms with Gasteiger partial charge in [0.1, 0.15) is 40.0 Å². The van der Waals surface area contributed by atoms with Crippen molar-refractivity contribution in [2.24, 2.45) is 0 Å². The monoisotopic (exact) mass is 618 g/mol. The summed E-state index contributed by atoms with van der Waals surface area (Å²) in [6.45, 7) is 6.58. The largest absolute Gasteiger partial charge is 0.507 e. The number of esters is 1. The van der Waals surface area contributed by atoms with Crippen LogP contribution in [0.1, 0.15) is 66.8 Å². The van der Waals surface area contributed by atoms with E-state index in [0.717, 1.165) is 0 Å². The topological polar surface area (TPSA) is 207 Å². The maximum absolute atomic E-state index is 13.1. The number of phenolic OH excluding ortho intramolecular Hbond substituents is 1. The summed E-state index contributed by atoms with van der Waals surface area (Å²) < 4.78 is 20.8. The van der Waals surface area contributed by atoms with Crippen LogP contribution in [0, 0.1) is 0 Å². The molecule has 14 nitrogen and oxygen atoms in total. The lowest BCUT2D eigenvalue weighted by molar-refractivity contribution is -0.144. The number of aromatic carboxylic acids is 1. The van der Waals surface area contributed by atoms with Crippen LogP contribution in [0.2, 0.25) is 0 Å². The number of carboxylic acids is 2. The van der Waals surface area contributed by atoms with Gasteiger partial charge in [0.05, 0.1) is 13.7 Å². The molecule has 0 fully saturated rings. The molecule has 0 aliphatic heterocycles. The maximum Gasteiger partial charge on any atom is 0.408 e. The summed E-state index contributed by atoms with van der Waals surface area (Å²) in [6, 6.07) is 7.22. The van der Waals surface area contributed by atoms with Crippen LogP contribution in [-0.2, 0) is 25.5 Å². The third-order valence-corrected chi connectivity index (χ3v) is 5.89. The van der Waals surface area contributed by atoms with Gasteiger partial charge in [-0.15, -0.1) is 0 Å². The lowest BCUT2D eigenvalue weighted by Crippen LogP contribution is -2.49. The van der Waals surface area contributed by atoms with Crippen molar-refractivity contribution in [3.63, 3.8) is 0 Å². The predicted octanol–water partition coefficient (Wildman–Crippen LogP) is 3.14. The molecule has 2 rings (SSSR count). The number of ether oxygens (including phenoxy) is 4. The second kappa shape index (κ2) is 16.0. The van der Waals surface area contributed by atoms with Crippen molar-refractivity contribution in [1.29, 1.82) is 0 Å². The first-order valence-corrected chi connectivity index (χ1v) is 13.7. The van der Waals surface area contributed by atoms with E-state index in [1.807, 2.05) is 0 Å². The molecule has 2 atom stereocenters. The number of methoxy groups -OCH3 is 1. The van der Waals surface area contributed by atoms with Gasteiger partial charge in [-0.3, -0.25) is 4.79 Å². The zero-order valence-electron chi connectivity index (χ0n) is 25.2. The lowest BCUT2D eigenvalue weighted by atomic mass is 10.0. The van der Waals surface area contributed by atoms with Crippen molar-refractivity contribution in [2.45, 2.75) is 64.7 Å². The summed E-state index contributed by atoms with van der Waals surface area (Å²) in [5, 5.41) is 33.9. The first-order chi connectivity index (χ1) is 20.6. The highest BCUT2D eigenvalue weighted by atomic mass is 16.6. The highest BCUT2D eigenvalue weighted by molar-refractivity contribution is 5.95. The molecule has 0 heterocycles. The van der Waals surface area contributed by atoms with E-state index in [0.29, 0.717) is 18.4 Å². The van der Waals surface area contributed by atoms with Gasteiger partial charge in [-0.05, 0) is 70.4 Å². The smallest absolute Gasteiger partial charge is 0.408 e. The van der Waals surface area contributed by atoms with Crippen LogP contribution in [0.5, 0.6) is 17.2 Å². The molecule has 0 spiro atoms. The van der Waals surface area contributed by atoms with Crippen LogP contribution in [0.15, 0.2) is 36.4 Å². The van der Waals surface area contributed by atoms with E-state index >= 15 is 0 Å². The van der Waals surface area contributed by atoms with Gasteiger partial charge in [-0.25, -0.2) is 19.2 Å². The Labute approximate surface area is 254 Å². The average molecular weight is 619 g/mol. The number of aromatic hydroxyl groups is 1. The number of hydrogen-bond acceptors (Lipinski definition) is 10. The Hall–Kier alpha value is -5.01. The Kier molecular flexibility index (Phi) is 12.8. The zero-order chi connectivity index (χ0) is 33.0. The van der Waals surface area contributed by atoms with Crippen LogP contribution in [0.25, 0.3) is 0 Å². The molecule has 14 heteroatoms. The fourth-order valence-corrected chi connectivity index (χ4v) is 3.80. The van der Waals surface area contributed by atoms with E-state index in [2.05, 4.69) is 15.4 Å². The van der Waals surface area contributed by atoms with Gasteiger partial charge >= 0.3 is 24.0 Å². The zero-order valence-corrected chi connectivity index (χ0v) is 25.2. The summed E-state index contributed by atoms with van der Waals surface area (Å²) in [7, 11) is 1.18. The fraction of sp³-hybridized carbons (Fsp3) is 0.433. The maximum atomic E-state index is 13.1. The molecule has 2 amide bonds. The first-order valence-electron chi connectivity index (χ1n) is 13.7. The number of benzene rings is 2. The van der Waals surface area contributed by atoms with Crippen LogP contribution < -0.4 is 20.1 Å². The molecule has 0 saturated heterocycles. The second-order valence-corrected chi connectivity index (χ2v) is 10.6. The highest BCUT2D eigenvalue weighted by Crippen LogP contribution is 2.28. The molecule has 1 unspecified atom stereocenters. The standard InChI is InChI=1S/C30H38N2O12/c1-17(26(35)36)43-22-12-11-18(15-19(22)27(37)38)16-20(32-29(40)44-30(2,3)4)25(34)31-13-6-7-14-42-23-10-8-9-21(33)24(23)28(39)41-5/h8-12,15,17,20,33H,6-7,13-14,16H2,1-5H3,(H,31,34)(H,32,40)(H,35,36)(H,37,38)/t17?,20-/m0/s1. The van der Waals surface area contributed by atoms with Gasteiger partial charge in [0.15, 0.2) is 6.10 Å². The SMILES string of the molecule is COC(=O)c1c(O)cccc1OCCCCNC(=O)[C@H](Cc1ccc(OC(C)C(=O)O)c(C(=O)O)c1)NC(=O)OC(C)(C)C. The number of rotatable bonds is 15. The minimum atomic E-state index is -1.37. The normalized spacial score (nSPS) is 12.3. The second-order valence-electron chi connectivity index (χ2n) is 10.6. The van der Waals surface area contributed by atoms with Crippen LogP contribution in [0.4, 0.5) is 4.79 Å². The quantitative estimate of drug-likeness (QED) is 0.144. The molecule has 0 saturated carbocycles. The third kappa shape index (κ3) is 11.0. The Balaban J connectivity index is 2.07. The summed E-state index contributed by atoms with van der Waals surface area (Å²) in [6.07, 6.45) is -1.36. The molecular formula is C30H38N2O12. The molecule has 0 aromatic heterocycles. The van der Waals surface area contributed by atoms with Crippen molar-refractivity contribution < 1.29 is 58.2 Å². The van der Waals surface area contributed by atoms with Gasteiger partial charge in [0.25, 0.3) is 0 Å². The number of carbonyl (C=O) groups is 5. The molecule has 0 aliphatic carbocycles. The Morgan fingerprint density at radius 2 is 1.68 bits per heavy atom. The van der Waals surface area contributed by atoms with E-state index in [9.17, 15) is 34.2 Å². The lowest BCUT2D eigenvalue weighted by Gasteiger charge is -2.23. The Bertz CT molecular complexity index is 1350. The molecule has 5 N–H and O–H groups in total. The predicted molar refractivity (Wildman–Crippen MR) is 155 cm³/mol. The summed E-state index contributed by atoms with van der Waals surface area (Å²) >= 11 is 0. The molecule has 240 valence electrons. The van der Waals surface area contributed by atoms with E-state index in [4.69, 9.17) is 19.3 Å². The minimum Gasteiger partial charge on any atom is -0.507 e. The molecule has 0 aliphatic rings. The van der Waals surface area contributed by atoms with Crippen LogP contribution >= 0.6 is 0 Å². The van der Waals surface area contributed by atoms with Crippen molar-refractivity contribution in [3.05, 3.63) is 53.1 Å². The summed E-state index contributed by atoms with van der Waals surface area (Å²) in [4.78, 5) is 60.5. The number of amides is 2. The molecule has 0 bridgehead atoms. The highest BCUT2D eigenvalue weighted by Gasteiger charge is 2.26. The molecule has 0 radical (unpaired) electrons.